The van der Waals surface area contributed by atoms with Crippen LogP contribution in [0, 0.1) is 5.92 Å². The van der Waals surface area contributed by atoms with E-state index in [-0.39, 0.29) is 13.1 Å². The Bertz CT molecular complexity index is 940. The second-order valence-electron chi connectivity index (χ2n) is 7.02. The van der Waals surface area contributed by atoms with Gasteiger partial charge in [-0.2, -0.15) is 0 Å². The van der Waals surface area contributed by atoms with Crippen molar-refractivity contribution in [3.05, 3.63) is 66.2 Å². The highest BCUT2D eigenvalue weighted by Gasteiger charge is 2.33. The van der Waals surface area contributed by atoms with Gasteiger partial charge in [-0.15, -0.1) is 0 Å². The summed E-state index contributed by atoms with van der Waals surface area (Å²) in [5.74, 6) is -1.37. The average molecular weight is 416 g/mol. The lowest BCUT2D eigenvalue weighted by Gasteiger charge is -2.30. The summed E-state index contributed by atoms with van der Waals surface area (Å²) in [6, 6.07) is 17.8. The van der Waals surface area contributed by atoms with Crippen molar-refractivity contribution < 1.29 is 22.7 Å². The quantitative estimate of drug-likeness (QED) is 0.731. The molecule has 2 aromatic rings. The lowest BCUT2D eigenvalue weighted by atomic mass is 9.98. The average Bonchev–Trinajstić information content (AvgIpc) is 2.72. The van der Waals surface area contributed by atoms with Crippen LogP contribution in [-0.4, -0.2) is 43.9 Å². The number of nitrogens with one attached hydrogen (secondary N) is 1. The summed E-state index contributed by atoms with van der Waals surface area (Å²) in [5.41, 5.74) is 1.18. The van der Waals surface area contributed by atoms with Gasteiger partial charge < -0.3 is 10.1 Å². The molecule has 3 rings (SSSR count). The van der Waals surface area contributed by atoms with Gasteiger partial charge in [0.1, 0.15) is 0 Å². The number of hydrogen-bond donors (Lipinski definition) is 1. The minimum atomic E-state index is -3.27. The topological polar surface area (TPSA) is 92.8 Å². The molecule has 0 saturated carbocycles. The predicted octanol–water partition coefficient (Wildman–Crippen LogP) is 2.58. The number of ether oxygens (including phenoxy) is 1. The summed E-state index contributed by atoms with van der Waals surface area (Å²) >= 11 is 0. The number of nitrogens with zero attached hydrogens (tertiary/aromatic N) is 1. The molecule has 2 aromatic carbocycles. The van der Waals surface area contributed by atoms with Crippen LogP contribution in [0.25, 0.3) is 0 Å². The molecular weight excluding hydrogens is 392 g/mol. The van der Waals surface area contributed by atoms with Crippen molar-refractivity contribution >= 4 is 27.6 Å². The Morgan fingerprint density at radius 1 is 1.00 bits per heavy atom. The molecule has 1 N–H and O–H groups in total. The molecule has 0 aliphatic carbocycles. The molecule has 0 spiro atoms. The van der Waals surface area contributed by atoms with E-state index in [1.165, 1.54) is 4.31 Å². The summed E-state index contributed by atoms with van der Waals surface area (Å²) < 4.78 is 30.3. The number of hydrogen-bond acceptors (Lipinski definition) is 5. The number of anilines is 1. The van der Waals surface area contributed by atoms with Crippen LogP contribution in [0.15, 0.2) is 60.7 Å². The van der Waals surface area contributed by atoms with E-state index < -0.39 is 33.9 Å². The number of amides is 1. The van der Waals surface area contributed by atoms with Crippen LogP contribution >= 0.6 is 0 Å². The highest BCUT2D eigenvalue weighted by atomic mass is 32.2. The molecule has 1 amide bonds. The Morgan fingerprint density at radius 3 is 2.10 bits per heavy atom. The molecule has 1 aliphatic rings. The Balaban J connectivity index is 1.70. The fourth-order valence-electron chi connectivity index (χ4n) is 3.27. The minimum absolute atomic E-state index is 0.269. The number of carbonyl (C=O) groups excluding carboxylic acids is 2. The normalized spacial score (nSPS) is 16.7. The summed E-state index contributed by atoms with van der Waals surface area (Å²) in [6.07, 6.45) is 0.809. The van der Waals surface area contributed by atoms with Crippen LogP contribution in [0.2, 0.25) is 0 Å². The summed E-state index contributed by atoms with van der Waals surface area (Å²) in [5, 5.41) is 2.77. The standard InChI is InChI=1S/C21H24N2O5S/c1-29(26,27)23-14-12-17(13-15-23)21(25)28-19(16-8-4-2-5-9-16)20(24)22-18-10-6-3-7-11-18/h2-11,17,19H,12-15H2,1H3,(H,22,24). The van der Waals surface area contributed by atoms with Crippen molar-refractivity contribution in [2.24, 2.45) is 5.92 Å². The van der Waals surface area contributed by atoms with Gasteiger partial charge in [0.2, 0.25) is 16.1 Å². The maximum atomic E-state index is 12.8. The maximum absolute atomic E-state index is 12.8. The lowest BCUT2D eigenvalue weighted by molar-refractivity contribution is -0.160. The summed E-state index contributed by atoms with van der Waals surface area (Å²) in [7, 11) is -3.27. The third-order valence-corrected chi connectivity index (χ3v) is 6.18. The molecule has 1 fully saturated rings. The van der Waals surface area contributed by atoms with Gasteiger partial charge in [0.05, 0.1) is 12.2 Å². The van der Waals surface area contributed by atoms with Gasteiger partial charge in [-0.05, 0) is 25.0 Å². The Kier molecular flexibility index (Phi) is 6.66. The van der Waals surface area contributed by atoms with Crippen molar-refractivity contribution in [3.8, 4) is 0 Å². The van der Waals surface area contributed by atoms with Crippen LogP contribution in [0.5, 0.6) is 0 Å². The zero-order chi connectivity index (χ0) is 20.9. The van der Waals surface area contributed by atoms with Crippen LogP contribution in [0.1, 0.15) is 24.5 Å². The van der Waals surface area contributed by atoms with Crippen molar-refractivity contribution in [3.63, 3.8) is 0 Å². The third kappa shape index (κ3) is 5.65. The molecule has 154 valence electrons. The maximum Gasteiger partial charge on any atom is 0.310 e. The molecule has 0 aromatic heterocycles. The second-order valence-corrected chi connectivity index (χ2v) is 9.00. The van der Waals surface area contributed by atoms with Gasteiger partial charge in [-0.3, -0.25) is 9.59 Å². The van der Waals surface area contributed by atoms with E-state index in [9.17, 15) is 18.0 Å². The molecular formula is C21H24N2O5S. The fraction of sp³-hybridized carbons (Fsp3) is 0.333. The largest absolute Gasteiger partial charge is 0.447 e. The van der Waals surface area contributed by atoms with Crippen LogP contribution in [0.4, 0.5) is 5.69 Å². The second kappa shape index (κ2) is 9.19. The SMILES string of the molecule is CS(=O)(=O)N1CCC(C(=O)OC(C(=O)Nc2ccccc2)c2ccccc2)CC1. The highest BCUT2D eigenvalue weighted by molar-refractivity contribution is 7.88. The molecule has 1 aliphatic heterocycles. The fourth-order valence-corrected chi connectivity index (χ4v) is 4.14. The number of esters is 1. The molecule has 0 radical (unpaired) electrons. The lowest BCUT2D eigenvalue weighted by Crippen LogP contribution is -2.40. The summed E-state index contributed by atoms with van der Waals surface area (Å²) in [6.45, 7) is 0.537. The van der Waals surface area contributed by atoms with Crippen molar-refractivity contribution in [1.82, 2.24) is 4.31 Å². The first kappa shape index (κ1) is 21.0. The van der Waals surface area contributed by atoms with E-state index in [4.69, 9.17) is 4.74 Å². The van der Waals surface area contributed by atoms with E-state index in [2.05, 4.69) is 5.32 Å². The molecule has 1 atom stereocenters. The smallest absolute Gasteiger partial charge is 0.310 e. The zero-order valence-electron chi connectivity index (χ0n) is 16.2. The molecule has 1 saturated heterocycles. The molecule has 29 heavy (non-hydrogen) atoms. The first-order valence-corrected chi connectivity index (χ1v) is 11.3. The van der Waals surface area contributed by atoms with Crippen LogP contribution < -0.4 is 5.32 Å². The van der Waals surface area contributed by atoms with E-state index in [1.54, 1.807) is 48.5 Å². The zero-order valence-corrected chi connectivity index (χ0v) is 17.0. The number of rotatable bonds is 6. The number of benzene rings is 2. The van der Waals surface area contributed by atoms with Crippen LogP contribution in [-0.2, 0) is 24.3 Å². The van der Waals surface area contributed by atoms with Crippen molar-refractivity contribution in [2.45, 2.75) is 18.9 Å². The van der Waals surface area contributed by atoms with Crippen molar-refractivity contribution in [2.75, 3.05) is 24.7 Å². The Labute approximate surface area is 170 Å². The summed E-state index contributed by atoms with van der Waals surface area (Å²) in [4.78, 5) is 25.6. The Morgan fingerprint density at radius 2 is 1.55 bits per heavy atom. The monoisotopic (exact) mass is 416 g/mol. The number of para-hydroxylation sites is 1. The number of sulfonamides is 1. The molecule has 8 heteroatoms. The van der Waals surface area contributed by atoms with Crippen molar-refractivity contribution in [1.29, 1.82) is 0 Å². The number of piperidine rings is 1. The van der Waals surface area contributed by atoms with Gasteiger partial charge in [0.15, 0.2) is 0 Å². The molecule has 1 heterocycles. The van der Waals surface area contributed by atoms with E-state index >= 15 is 0 Å². The van der Waals surface area contributed by atoms with Gasteiger partial charge in [0, 0.05) is 24.3 Å². The van der Waals surface area contributed by atoms with Gasteiger partial charge in [-0.25, -0.2) is 12.7 Å². The first-order chi connectivity index (χ1) is 13.8. The highest BCUT2D eigenvalue weighted by Crippen LogP contribution is 2.26. The van der Waals surface area contributed by atoms with E-state index in [1.807, 2.05) is 12.1 Å². The van der Waals surface area contributed by atoms with E-state index in [0.717, 1.165) is 6.26 Å². The Hall–Kier alpha value is -2.71. The third-order valence-electron chi connectivity index (χ3n) is 4.87. The van der Waals surface area contributed by atoms with Crippen LogP contribution in [0.3, 0.4) is 0 Å². The molecule has 7 nitrogen and oxygen atoms in total. The molecule has 0 bridgehead atoms. The predicted molar refractivity (Wildman–Crippen MR) is 109 cm³/mol. The number of carbonyl (C=O) groups is 2. The van der Waals surface area contributed by atoms with Gasteiger partial charge in [-0.1, -0.05) is 48.5 Å². The van der Waals surface area contributed by atoms with E-state index in [0.29, 0.717) is 24.1 Å². The van der Waals surface area contributed by atoms with Gasteiger partial charge in [0.25, 0.3) is 5.91 Å². The first-order valence-electron chi connectivity index (χ1n) is 9.41. The molecule has 1 unspecified atom stereocenters. The van der Waals surface area contributed by atoms with Gasteiger partial charge >= 0.3 is 5.97 Å². The minimum Gasteiger partial charge on any atom is -0.447 e.